The fourth-order valence-corrected chi connectivity index (χ4v) is 7.28. The number of aromatic nitrogens is 1. The molecule has 3 aromatic rings. The van der Waals surface area contributed by atoms with Crippen LogP contribution in [0.1, 0.15) is 36.7 Å². The van der Waals surface area contributed by atoms with Crippen LogP contribution in [0.15, 0.2) is 83.9 Å². The van der Waals surface area contributed by atoms with E-state index in [4.69, 9.17) is 4.74 Å². The summed E-state index contributed by atoms with van der Waals surface area (Å²) in [4.78, 5) is 30.1. The summed E-state index contributed by atoms with van der Waals surface area (Å²) in [5.41, 5.74) is 1.20. The van der Waals surface area contributed by atoms with Gasteiger partial charge in [0.25, 0.3) is 0 Å². The molecule has 8 nitrogen and oxygen atoms in total. The maximum atomic E-state index is 13.6. The average molecular weight is 540 g/mol. The zero-order valence-electron chi connectivity index (χ0n) is 20.8. The lowest BCUT2D eigenvalue weighted by Crippen LogP contribution is -2.46. The molecule has 4 rings (SSSR count). The quantitative estimate of drug-likeness (QED) is 0.437. The molecule has 2 heterocycles. The van der Waals surface area contributed by atoms with E-state index in [2.05, 4.69) is 10.3 Å². The highest BCUT2D eigenvalue weighted by Crippen LogP contribution is 2.33. The highest BCUT2D eigenvalue weighted by Gasteiger charge is 2.41. The van der Waals surface area contributed by atoms with Gasteiger partial charge in [0.1, 0.15) is 5.37 Å². The van der Waals surface area contributed by atoms with Crippen LogP contribution < -0.4 is 5.32 Å². The first-order valence-corrected chi connectivity index (χ1v) is 14.2. The number of sulfonamides is 1. The lowest BCUT2D eigenvalue weighted by Gasteiger charge is -2.26. The summed E-state index contributed by atoms with van der Waals surface area (Å²) in [6, 6.07) is 20.5. The number of nitrogens with zero attached hydrogens (tertiary/aromatic N) is 2. The molecule has 1 aliphatic rings. The number of methoxy groups -OCH3 is 1. The summed E-state index contributed by atoms with van der Waals surface area (Å²) in [6.45, 7) is 3.63. The van der Waals surface area contributed by atoms with Crippen LogP contribution in [0, 0.1) is 0 Å². The van der Waals surface area contributed by atoms with Crippen molar-refractivity contribution in [3.8, 4) is 0 Å². The van der Waals surface area contributed by atoms with E-state index in [1.807, 2.05) is 42.5 Å². The molecule has 0 saturated carbocycles. The third-order valence-electron chi connectivity index (χ3n) is 6.35. The standard InChI is InChI=1S/C27H29N3O5S2/c1-27(2,26(32)35-3)20-12-14-21(15-13-20)37(33,34)30-17-18-36-25(30)24(31)29-23(19-9-5-4-6-10-19)22-11-7-8-16-28-22/h4-16,23,25H,17-18H2,1-3H3,(H,29,31)/t23-,25+/m1/s1. The van der Waals surface area contributed by atoms with Gasteiger partial charge in [-0.3, -0.25) is 14.6 Å². The average Bonchev–Trinajstić information content (AvgIpc) is 3.43. The van der Waals surface area contributed by atoms with Crippen LogP contribution in [-0.2, 0) is 29.8 Å². The van der Waals surface area contributed by atoms with E-state index in [0.29, 0.717) is 17.0 Å². The van der Waals surface area contributed by atoms with Gasteiger partial charge in [-0.05, 0) is 49.2 Å². The van der Waals surface area contributed by atoms with Crippen LogP contribution in [0.2, 0.25) is 0 Å². The van der Waals surface area contributed by atoms with Gasteiger partial charge >= 0.3 is 5.97 Å². The SMILES string of the molecule is COC(=O)C(C)(C)c1ccc(S(=O)(=O)N2CCS[C@H]2C(=O)N[C@H](c2ccccc2)c2ccccn2)cc1. The van der Waals surface area contributed by atoms with Crippen molar-refractivity contribution in [2.45, 2.75) is 35.6 Å². The fourth-order valence-electron chi connectivity index (χ4n) is 4.19. The van der Waals surface area contributed by atoms with Crippen molar-refractivity contribution in [2.75, 3.05) is 19.4 Å². The Labute approximate surface area is 221 Å². The van der Waals surface area contributed by atoms with Crippen molar-refractivity contribution in [3.05, 3.63) is 95.8 Å². The van der Waals surface area contributed by atoms with Crippen LogP contribution in [0.4, 0.5) is 0 Å². The lowest BCUT2D eigenvalue weighted by molar-refractivity contribution is -0.146. The van der Waals surface area contributed by atoms with Gasteiger partial charge in [-0.25, -0.2) is 8.42 Å². The largest absolute Gasteiger partial charge is 0.468 e. The number of benzene rings is 2. The van der Waals surface area contributed by atoms with Crippen LogP contribution in [0.3, 0.4) is 0 Å². The van der Waals surface area contributed by atoms with E-state index in [0.717, 1.165) is 5.56 Å². The van der Waals surface area contributed by atoms with Crippen molar-refractivity contribution in [1.29, 1.82) is 0 Å². The highest BCUT2D eigenvalue weighted by molar-refractivity contribution is 8.02. The Morgan fingerprint density at radius 3 is 2.35 bits per heavy atom. The molecule has 10 heteroatoms. The van der Waals surface area contributed by atoms with Crippen LogP contribution in [-0.4, -0.2) is 54.4 Å². The second-order valence-electron chi connectivity index (χ2n) is 9.09. The number of amides is 1. The van der Waals surface area contributed by atoms with E-state index in [1.165, 1.54) is 35.3 Å². The van der Waals surface area contributed by atoms with Crippen molar-refractivity contribution >= 4 is 33.7 Å². The van der Waals surface area contributed by atoms with Gasteiger partial charge in [0.2, 0.25) is 15.9 Å². The summed E-state index contributed by atoms with van der Waals surface area (Å²) in [7, 11) is -2.65. The van der Waals surface area contributed by atoms with Gasteiger partial charge in [-0.15, -0.1) is 11.8 Å². The van der Waals surface area contributed by atoms with Gasteiger partial charge in [-0.1, -0.05) is 48.5 Å². The normalized spacial score (nSPS) is 17.2. The van der Waals surface area contributed by atoms with E-state index >= 15 is 0 Å². The number of rotatable bonds is 8. The summed E-state index contributed by atoms with van der Waals surface area (Å²) in [6.07, 6.45) is 1.66. The molecule has 1 aromatic heterocycles. The number of carbonyl (C=O) groups is 2. The predicted octanol–water partition coefficient (Wildman–Crippen LogP) is 3.50. The minimum absolute atomic E-state index is 0.0570. The number of carbonyl (C=O) groups excluding carboxylic acids is 2. The predicted molar refractivity (Wildman–Crippen MR) is 142 cm³/mol. The molecule has 0 unspecified atom stereocenters. The van der Waals surface area contributed by atoms with Crippen LogP contribution in [0.5, 0.6) is 0 Å². The molecule has 37 heavy (non-hydrogen) atoms. The summed E-state index contributed by atoms with van der Waals surface area (Å²) in [5.74, 6) is -0.338. The highest BCUT2D eigenvalue weighted by atomic mass is 32.2. The van der Waals surface area contributed by atoms with Crippen molar-refractivity contribution in [3.63, 3.8) is 0 Å². The molecule has 0 bridgehead atoms. The molecule has 1 aliphatic heterocycles. The number of nitrogens with one attached hydrogen (secondary N) is 1. The zero-order chi connectivity index (χ0) is 26.6. The van der Waals surface area contributed by atoms with Crippen LogP contribution >= 0.6 is 11.8 Å². The van der Waals surface area contributed by atoms with E-state index in [-0.39, 0.29) is 11.4 Å². The van der Waals surface area contributed by atoms with Crippen molar-refractivity contribution in [1.82, 2.24) is 14.6 Å². The Kier molecular flexibility index (Phi) is 8.01. The van der Waals surface area contributed by atoms with E-state index in [9.17, 15) is 18.0 Å². The molecule has 1 fully saturated rings. The third kappa shape index (κ3) is 5.56. The first-order chi connectivity index (χ1) is 17.7. The maximum absolute atomic E-state index is 13.6. The first-order valence-electron chi connectivity index (χ1n) is 11.7. The number of ether oxygens (including phenoxy) is 1. The number of esters is 1. The second-order valence-corrected chi connectivity index (χ2v) is 12.2. The topological polar surface area (TPSA) is 106 Å². The lowest BCUT2D eigenvalue weighted by atomic mass is 9.85. The summed E-state index contributed by atoms with van der Waals surface area (Å²) >= 11 is 1.28. The molecule has 194 valence electrons. The smallest absolute Gasteiger partial charge is 0.315 e. The molecular weight excluding hydrogens is 510 g/mol. The maximum Gasteiger partial charge on any atom is 0.315 e. The fraction of sp³-hybridized carbons (Fsp3) is 0.296. The van der Waals surface area contributed by atoms with Gasteiger partial charge in [0.15, 0.2) is 0 Å². The molecular formula is C27H29N3O5S2. The van der Waals surface area contributed by atoms with Crippen molar-refractivity contribution in [2.24, 2.45) is 0 Å². The molecule has 1 saturated heterocycles. The molecule has 0 radical (unpaired) electrons. The second kappa shape index (κ2) is 11.0. The van der Waals surface area contributed by atoms with Crippen LogP contribution in [0.25, 0.3) is 0 Å². The molecule has 2 aromatic carbocycles. The monoisotopic (exact) mass is 539 g/mol. The number of hydrogen-bond acceptors (Lipinski definition) is 7. The summed E-state index contributed by atoms with van der Waals surface area (Å²) in [5, 5.41) is 2.09. The van der Waals surface area contributed by atoms with Gasteiger partial charge < -0.3 is 10.1 Å². The molecule has 2 atom stereocenters. The molecule has 1 amide bonds. The Bertz CT molecular complexity index is 1310. The molecule has 0 spiro atoms. The Balaban J connectivity index is 1.58. The number of thioether (sulfide) groups is 1. The summed E-state index contributed by atoms with van der Waals surface area (Å²) < 4.78 is 33.2. The van der Waals surface area contributed by atoms with E-state index < -0.39 is 38.7 Å². The van der Waals surface area contributed by atoms with E-state index in [1.54, 1.807) is 38.2 Å². The Morgan fingerprint density at radius 1 is 1.05 bits per heavy atom. The molecule has 0 aliphatic carbocycles. The van der Waals surface area contributed by atoms with Gasteiger partial charge in [0, 0.05) is 18.5 Å². The first kappa shape index (κ1) is 26.8. The minimum atomic E-state index is -3.97. The van der Waals surface area contributed by atoms with Gasteiger partial charge in [-0.2, -0.15) is 4.31 Å². The van der Waals surface area contributed by atoms with Crippen molar-refractivity contribution < 1.29 is 22.7 Å². The number of pyridine rings is 1. The minimum Gasteiger partial charge on any atom is -0.468 e. The Hall–Kier alpha value is -3.21. The third-order valence-corrected chi connectivity index (χ3v) is 9.57. The van der Waals surface area contributed by atoms with Gasteiger partial charge in [0.05, 0.1) is 29.2 Å². The Morgan fingerprint density at radius 2 is 1.73 bits per heavy atom. The molecule has 1 N–H and O–H groups in total. The number of hydrogen-bond donors (Lipinski definition) is 1. The zero-order valence-corrected chi connectivity index (χ0v) is 22.5.